The topological polar surface area (TPSA) is 36.4 Å². The van der Waals surface area contributed by atoms with E-state index in [4.69, 9.17) is 0 Å². The molecule has 5 heteroatoms. The summed E-state index contributed by atoms with van der Waals surface area (Å²) in [6.07, 6.45) is 1.54. The van der Waals surface area contributed by atoms with E-state index >= 15 is 0 Å². The lowest BCUT2D eigenvalue weighted by molar-refractivity contribution is 0.0787. The van der Waals surface area contributed by atoms with Crippen molar-refractivity contribution in [3.05, 3.63) is 41.2 Å². The Morgan fingerprint density at radius 3 is 2.65 bits per heavy atom. The molecule has 0 aliphatic carbocycles. The summed E-state index contributed by atoms with van der Waals surface area (Å²) >= 11 is 1.59. The van der Waals surface area contributed by atoms with Crippen LogP contribution in [0.1, 0.15) is 18.5 Å². The third-order valence-corrected chi connectivity index (χ3v) is 4.53. The van der Waals surface area contributed by atoms with Crippen LogP contribution in [0.25, 0.3) is 10.6 Å². The van der Waals surface area contributed by atoms with E-state index in [1.54, 1.807) is 23.5 Å². The summed E-state index contributed by atoms with van der Waals surface area (Å²) in [5.41, 5.74) is 2.00. The van der Waals surface area contributed by atoms with Crippen molar-refractivity contribution in [2.24, 2.45) is 0 Å². The SMILES string of the molecule is OC1CCN(Cc2csc(-c3ccc(F)cc3)n2)CC1. The Kier molecular flexibility index (Phi) is 4.10. The van der Waals surface area contributed by atoms with E-state index in [0.717, 1.165) is 48.7 Å². The van der Waals surface area contributed by atoms with E-state index in [0.29, 0.717) is 0 Å². The van der Waals surface area contributed by atoms with Gasteiger partial charge < -0.3 is 5.11 Å². The average molecular weight is 292 g/mol. The van der Waals surface area contributed by atoms with Crippen LogP contribution in [0.3, 0.4) is 0 Å². The first-order chi connectivity index (χ1) is 9.70. The largest absolute Gasteiger partial charge is 0.393 e. The summed E-state index contributed by atoms with van der Waals surface area (Å²) in [5, 5.41) is 12.5. The van der Waals surface area contributed by atoms with Crippen molar-refractivity contribution in [2.45, 2.75) is 25.5 Å². The van der Waals surface area contributed by atoms with Gasteiger partial charge in [-0.1, -0.05) is 0 Å². The Bertz CT molecular complexity index is 562. The van der Waals surface area contributed by atoms with E-state index in [1.165, 1.54) is 12.1 Å². The van der Waals surface area contributed by atoms with Gasteiger partial charge in [-0.25, -0.2) is 9.37 Å². The quantitative estimate of drug-likeness (QED) is 0.945. The van der Waals surface area contributed by atoms with Crippen LogP contribution in [0.15, 0.2) is 29.6 Å². The molecule has 1 aromatic heterocycles. The zero-order chi connectivity index (χ0) is 13.9. The zero-order valence-electron chi connectivity index (χ0n) is 11.1. The highest BCUT2D eigenvalue weighted by molar-refractivity contribution is 7.13. The fourth-order valence-corrected chi connectivity index (χ4v) is 3.23. The number of piperidine rings is 1. The van der Waals surface area contributed by atoms with Crippen LogP contribution in [0, 0.1) is 5.82 Å². The molecular formula is C15H17FN2OS. The number of halogens is 1. The maximum Gasteiger partial charge on any atom is 0.123 e. The van der Waals surface area contributed by atoms with Gasteiger partial charge in [0.15, 0.2) is 0 Å². The number of aliphatic hydroxyl groups excluding tert-OH is 1. The molecule has 0 radical (unpaired) electrons. The van der Waals surface area contributed by atoms with Crippen molar-refractivity contribution < 1.29 is 9.50 Å². The fraction of sp³-hybridized carbons (Fsp3) is 0.400. The van der Waals surface area contributed by atoms with Gasteiger partial charge in [0.25, 0.3) is 0 Å². The predicted octanol–water partition coefficient (Wildman–Crippen LogP) is 2.91. The van der Waals surface area contributed by atoms with Crippen LogP contribution < -0.4 is 0 Å². The van der Waals surface area contributed by atoms with Gasteiger partial charge in [-0.15, -0.1) is 11.3 Å². The molecule has 2 aromatic rings. The molecule has 106 valence electrons. The molecule has 1 aliphatic rings. The maximum atomic E-state index is 12.9. The van der Waals surface area contributed by atoms with Crippen molar-refractivity contribution in [3.8, 4) is 10.6 Å². The Morgan fingerprint density at radius 2 is 1.95 bits per heavy atom. The van der Waals surface area contributed by atoms with E-state index < -0.39 is 0 Å². The third-order valence-electron chi connectivity index (χ3n) is 3.59. The second kappa shape index (κ2) is 5.99. The molecule has 20 heavy (non-hydrogen) atoms. The lowest BCUT2D eigenvalue weighted by Gasteiger charge is -2.28. The second-order valence-electron chi connectivity index (χ2n) is 5.16. The monoisotopic (exact) mass is 292 g/mol. The molecule has 1 aromatic carbocycles. The van der Waals surface area contributed by atoms with Crippen LogP contribution in [0.5, 0.6) is 0 Å². The molecule has 0 atom stereocenters. The van der Waals surface area contributed by atoms with Gasteiger partial charge in [-0.3, -0.25) is 4.90 Å². The lowest BCUT2D eigenvalue weighted by Crippen LogP contribution is -2.35. The molecule has 0 bridgehead atoms. The molecule has 0 unspecified atom stereocenters. The Morgan fingerprint density at radius 1 is 1.25 bits per heavy atom. The van der Waals surface area contributed by atoms with Crippen molar-refractivity contribution in [3.63, 3.8) is 0 Å². The summed E-state index contributed by atoms with van der Waals surface area (Å²) in [6, 6.07) is 6.44. The summed E-state index contributed by atoms with van der Waals surface area (Å²) in [6.45, 7) is 2.67. The molecular weight excluding hydrogens is 275 g/mol. The minimum absolute atomic E-state index is 0.142. The molecule has 2 heterocycles. The minimum Gasteiger partial charge on any atom is -0.393 e. The Balaban J connectivity index is 1.66. The van der Waals surface area contributed by atoms with Gasteiger partial charge in [0.1, 0.15) is 10.8 Å². The number of rotatable bonds is 3. The van der Waals surface area contributed by atoms with Crippen LogP contribution in [0.2, 0.25) is 0 Å². The summed E-state index contributed by atoms with van der Waals surface area (Å²) in [5.74, 6) is -0.225. The number of benzene rings is 1. The van der Waals surface area contributed by atoms with E-state index in [-0.39, 0.29) is 11.9 Å². The average Bonchev–Trinajstić information content (AvgIpc) is 2.91. The van der Waals surface area contributed by atoms with Crippen LogP contribution in [-0.2, 0) is 6.54 Å². The highest BCUT2D eigenvalue weighted by Gasteiger charge is 2.17. The molecule has 3 nitrogen and oxygen atoms in total. The zero-order valence-corrected chi connectivity index (χ0v) is 11.9. The first kappa shape index (κ1) is 13.7. The summed E-state index contributed by atoms with van der Waals surface area (Å²) in [7, 11) is 0. The number of thiazole rings is 1. The lowest BCUT2D eigenvalue weighted by atomic mass is 10.1. The van der Waals surface area contributed by atoms with Gasteiger partial charge in [0.05, 0.1) is 11.8 Å². The van der Waals surface area contributed by atoms with Crippen LogP contribution in [-0.4, -0.2) is 34.2 Å². The summed E-state index contributed by atoms with van der Waals surface area (Å²) in [4.78, 5) is 6.93. The number of aromatic nitrogens is 1. The Labute approximate surface area is 121 Å². The van der Waals surface area contributed by atoms with Gasteiger partial charge in [0.2, 0.25) is 0 Å². The van der Waals surface area contributed by atoms with E-state index in [9.17, 15) is 9.50 Å². The number of nitrogens with zero attached hydrogens (tertiary/aromatic N) is 2. The first-order valence-electron chi connectivity index (χ1n) is 6.81. The molecule has 1 N–H and O–H groups in total. The molecule has 1 fully saturated rings. The molecule has 3 rings (SSSR count). The molecule has 1 saturated heterocycles. The van der Waals surface area contributed by atoms with Gasteiger partial charge >= 0.3 is 0 Å². The Hall–Kier alpha value is -1.30. The maximum absolute atomic E-state index is 12.9. The van der Waals surface area contributed by atoms with Crippen molar-refractivity contribution >= 4 is 11.3 Å². The highest BCUT2D eigenvalue weighted by Crippen LogP contribution is 2.25. The first-order valence-corrected chi connectivity index (χ1v) is 7.69. The minimum atomic E-state index is -0.225. The van der Waals surface area contributed by atoms with E-state index in [2.05, 4.69) is 15.3 Å². The van der Waals surface area contributed by atoms with Gasteiger partial charge in [-0.2, -0.15) is 0 Å². The summed E-state index contributed by atoms with van der Waals surface area (Å²) < 4.78 is 12.9. The standard InChI is InChI=1S/C15H17FN2OS/c16-12-3-1-11(2-4-12)15-17-13(10-20-15)9-18-7-5-14(19)6-8-18/h1-4,10,14,19H,5-9H2. The number of likely N-dealkylation sites (tertiary alicyclic amines) is 1. The van der Waals surface area contributed by atoms with Crippen LogP contribution in [0.4, 0.5) is 4.39 Å². The van der Waals surface area contributed by atoms with Crippen LogP contribution >= 0.6 is 11.3 Å². The molecule has 0 saturated carbocycles. The second-order valence-corrected chi connectivity index (χ2v) is 6.02. The van der Waals surface area contributed by atoms with E-state index in [1.807, 2.05) is 0 Å². The predicted molar refractivity (Wildman–Crippen MR) is 78.0 cm³/mol. The van der Waals surface area contributed by atoms with Crippen molar-refractivity contribution in [1.29, 1.82) is 0 Å². The molecule has 0 spiro atoms. The number of aliphatic hydroxyl groups is 1. The van der Waals surface area contributed by atoms with Gasteiger partial charge in [-0.05, 0) is 37.1 Å². The van der Waals surface area contributed by atoms with Crippen molar-refractivity contribution in [2.75, 3.05) is 13.1 Å². The number of hydrogen-bond acceptors (Lipinski definition) is 4. The third kappa shape index (κ3) is 3.23. The molecule has 1 aliphatic heterocycles. The van der Waals surface area contributed by atoms with Crippen molar-refractivity contribution in [1.82, 2.24) is 9.88 Å². The normalized spacial score (nSPS) is 17.5. The van der Waals surface area contributed by atoms with Gasteiger partial charge in [0, 0.05) is 30.6 Å². The fourth-order valence-electron chi connectivity index (χ4n) is 2.41. The smallest absolute Gasteiger partial charge is 0.123 e. The number of hydrogen-bond donors (Lipinski definition) is 1. The highest BCUT2D eigenvalue weighted by atomic mass is 32.1. The molecule has 0 amide bonds.